The minimum atomic E-state index is -0.00461. The van der Waals surface area contributed by atoms with Gasteiger partial charge in [-0.05, 0) is 49.2 Å². The van der Waals surface area contributed by atoms with Crippen molar-refractivity contribution in [3.63, 3.8) is 0 Å². The third kappa shape index (κ3) is 3.50. The summed E-state index contributed by atoms with van der Waals surface area (Å²) in [7, 11) is 3.31. The van der Waals surface area contributed by atoms with Gasteiger partial charge in [-0.2, -0.15) is 0 Å². The lowest BCUT2D eigenvalue weighted by Gasteiger charge is -2.37. The van der Waals surface area contributed by atoms with Crippen LogP contribution in [0, 0.1) is 0 Å². The van der Waals surface area contributed by atoms with Crippen molar-refractivity contribution in [2.45, 2.75) is 24.7 Å². The van der Waals surface area contributed by atoms with Crippen LogP contribution in [0.2, 0.25) is 0 Å². The number of aromatic nitrogens is 2. The lowest BCUT2D eigenvalue weighted by molar-refractivity contribution is 0.354. The molecule has 0 radical (unpaired) electrons. The van der Waals surface area contributed by atoms with Crippen LogP contribution in [0.5, 0.6) is 11.5 Å². The highest BCUT2D eigenvalue weighted by atomic mass is 16.5. The molecule has 0 amide bonds. The van der Waals surface area contributed by atoms with E-state index in [1.165, 1.54) is 11.3 Å². The summed E-state index contributed by atoms with van der Waals surface area (Å²) in [6.07, 6.45) is 4.88. The van der Waals surface area contributed by atoms with Crippen molar-refractivity contribution >= 4 is 0 Å². The van der Waals surface area contributed by atoms with Crippen molar-refractivity contribution < 1.29 is 9.47 Å². The predicted octanol–water partition coefficient (Wildman–Crippen LogP) is 3.69. The Hall–Kier alpha value is -2.79. The van der Waals surface area contributed by atoms with Gasteiger partial charge in [-0.1, -0.05) is 36.4 Å². The van der Waals surface area contributed by atoms with E-state index in [0.29, 0.717) is 0 Å². The van der Waals surface area contributed by atoms with Crippen LogP contribution in [0.25, 0.3) is 0 Å². The molecule has 2 N–H and O–H groups in total. The van der Waals surface area contributed by atoms with Gasteiger partial charge >= 0.3 is 0 Å². The molecule has 1 aliphatic heterocycles. The molecule has 2 heterocycles. The number of hydrogen-bond donors (Lipinski definition) is 2. The van der Waals surface area contributed by atoms with E-state index in [1.807, 2.05) is 18.3 Å². The molecule has 0 bridgehead atoms. The summed E-state index contributed by atoms with van der Waals surface area (Å²) in [5.41, 5.74) is 3.70. The second-order valence-corrected chi connectivity index (χ2v) is 7.31. The van der Waals surface area contributed by atoms with Crippen molar-refractivity contribution in [1.29, 1.82) is 0 Å². The topological polar surface area (TPSA) is 59.2 Å². The van der Waals surface area contributed by atoms with Gasteiger partial charge in [0.25, 0.3) is 0 Å². The molecule has 4 rings (SSSR count). The maximum absolute atomic E-state index is 5.43. The van der Waals surface area contributed by atoms with Crippen LogP contribution >= 0.6 is 0 Å². The molecule has 1 saturated heterocycles. The quantitative estimate of drug-likeness (QED) is 0.688. The molecule has 1 fully saturated rings. The molecule has 0 unspecified atom stereocenters. The zero-order valence-electron chi connectivity index (χ0n) is 16.5. The molecule has 146 valence electrons. The standard InChI is InChI=1S/C23H27N3O2/c1-27-19-9-8-17(14-20(19)28-2)15-22-25-16-21(26-22)23(10-12-24-13-11-23)18-6-4-3-5-7-18/h3-9,14,16,24H,10-13,15H2,1-2H3,(H,25,26). The van der Waals surface area contributed by atoms with Crippen molar-refractivity contribution in [2.24, 2.45) is 0 Å². The van der Waals surface area contributed by atoms with Crippen molar-refractivity contribution in [2.75, 3.05) is 27.3 Å². The lowest BCUT2D eigenvalue weighted by Crippen LogP contribution is -2.41. The Morgan fingerprint density at radius 2 is 1.71 bits per heavy atom. The highest BCUT2D eigenvalue weighted by Gasteiger charge is 2.37. The first-order valence-electron chi connectivity index (χ1n) is 9.77. The number of imidazole rings is 1. The lowest BCUT2D eigenvalue weighted by atomic mass is 9.71. The van der Waals surface area contributed by atoms with Gasteiger partial charge in [-0.25, -0.2) is 4.98 Å². The first-order valence-corrected chi connectivity index (χ1v) is 9.77. The van der Waals surface area contributed by atoms with E-state index in [-0.39, 0.29) is 5.41 Å². The second-order valence-electron chi connectivity index (χ2n) is 7.31. The minimum absolute atomic E-state index is 0.00461. The number of nitrogens with zero attached hydrogens (tertiary/aromatic N) is 1. The van der Waals surface area contributed by atoms with Crippen LogP contribution in [-0.2, 0) is 11.8 Å². The number of H-pyrrole nitrogens is 1. The molecule has 3 aromatic rings. The predicted molar refractivity (Wildman–Crippen MR) is 110 cm³/mol. The molecule has 5 heteroatoms. The largest absolute Gasteiger partial charge is 0.493 e. The van der Waals surface area contributed by atoms with Crippen LogP contribution in [0.3, 0.4) is 0 Å². The molecule has 0 atom stereocenters. The third-order valence-electron chi connectivity index (χ3n) is 5.75. The molecule has 28 heavy (non-hydrogen) atoms. The van der Waals surface area contributed by atoms with E-state index in [4.69, 9.17) is 14.5 Å². The zero-order chi connectivity index (χ0) is 19.4. The maximum atomic E-state index is 5.43. The van der Waals surface area contributed by atoms with E-state index in [1.54, 1.807) is 14.2 Å². The Morgan fingerprint density at radius 1 is 0.964 bits per heavy atom. The molecule has 1 aliphatic rings. The fourth-order valence-electron chi connectivity index (χ4n) is 4.20. The highest BCUT2D eigenvalue weighted by Crippen LogP contribution is 2.39. The summed E-state index contributed by atoms with van der Waals surface area (Å²) < 4.78 is 10.8. The summed E-state index contributed by atoms with van der Waals surface area (Å²) >= 11 is 0. The fraction of sp³-hybridized carbons (Fsp3) is 0.348. The van der Waals surface area contributed by atoms with Crippen LogP contribution < -0.4 is 14.8 Å². The van der Waals surface area contributed by atoms with Crippen LogP contribution in [0.4, 0.5) is 0 Å². The van der Waals surface area contributed by atoms with Gasteiger partial charge in [-0.3, -0.25) is 0 Å². The number of rotatable bonds is 6. The van der Waals surface area contributed by atoms with Crippen molar-refractivity contribution in [3.05, 3.63) is 77.4 Å². The monoisotopic (exact) mass is 377 g/mol. The summed E-state index contributed by atoms with van der Waals surface area (Å²) in [4.78, 5) is 8.33. The Bertz CT molecular complexity index is 915. The molecular formula is C23H27N3O2. The van der Waals surface area contributed by atoms with E-state index in [9.17, 15) is 0 Å². The Labute approximate surface area is 166 Å². The Kier molecular flexibility index (Phi) is 5.35. The summed E-state index contributed by atoms with van der Waals surface area (Å²) in [6.45, 7) is 2.03. The normalized spacial score (nSPS) is 15.9. The van der Waals surface area contributed by atoms with E-state index in [0.717, 1.165) is 55.2 Å². The molecule has 2 aromatic carbocycles. The molecule has 0 spiro atoms. The van der Waals surface area contributed by atoms with E-state index in [2.05, 4.69) is 46.7 Å². The maximum Gasteiger partial charge on any atom is 0.161 e. The SMILES string of the molecule is COc1ccc(Cc2ncc(C3(c4ccccc4)CCNCC3)[nH]2)cc1OC. The smallest absolute Gasteiger partial charge is 0.161 e. The highest BCUT2D eigenvalue weighted by molar-refractivity contribution is 5.44. The first kappa shape index (κ1) is 18.6. The average Bonchev–Trinajstić information content (AvgIpc) is 3.23. The van der Waals surface area contributed by atoms with Crippen LogP contribution in [0.1, 0.15) is 35.5 Å². The van der Waals surface area contributed by atoms with Gasteiger partial charge in [0.2, 0.25) is 0 Å². The van der Waals surface area contributed by atoms with Gasteiger partial charge in [0.15, 0.2) is 11.5 Å². The fourth-order valence-corrected chi connectivity index (χ4v) is 4.20. The van der Waals surface area contributed by atoms with E-state index >= 15 is 0 Å². The number of hydrogen-bond acceptors (Lipinski definition) is 4. The van der Waals surface area contributed by atoms with E-state index < -0.39 is 0 Å². The van der Waals surface area contributed by atoms with Crippen molar-refractivity contribution in [3.8, 4) is 11.5 Å². The van der Waals surface area contributed by atoms with Gasteiger partial charge in [0.1, 0.15) is 5.82 Å². The molecule has 0 saturated carbocycles. The summed E-state index contributed by atoms with van der Waals surface area (Å²) in [6, 6.07) is 16.8. The molecule has 1 aromatic heterocycles. The number of piperidine rings is 1. The molecular weight excluding hydrogens is 350 g/mol. The molecule has 0 aliphatic carbocycles. The van der Waals surface area contributed by atoms with Crippen LogP contribution in [-0.4, -0.2) is 37.3 Å². The number of aromatic amines is 1. The third-order valence-corrected chi connectivity index (χ3v) is 5.75. The zero-order valence-corrected chi connectivity index (χ0v) is 16.5. The Balaban J connectivity index is 1.62. The van der Waals surface area contributed by atoms with Crippen LogP contribution in [0.15, 0.2) is 54.7 Å². The van der Waals surface area contributed by atoms with Gasteiger partial charge in [0.05, 0.1) is 14.2 Å². The average molecular weight is 377 g/mol. The number of ether oxygens (including phenoxy) is 2. The number of methoxy groups -OCH3 is 2. The number of nitrogens with one attached hydrogen (secondary N) is 2. The first-order chi connectivity index (χ1) is 13.7. The van der Waals surface area contributed by atoms with Crippen molar-refractivity contribution in [1.82, 2.24) is 15.3 Å². The number of benzene rings is 2. The minimum Gasteiger partial charge on any atom is -0.493 e. The van der Waals surface area contributed by atoms with Gasteiger partial charge in [0, 0.05) is 23.7 Å². The second kappa shape index (κ2) is 8.07. The van der Waals surface area contributed by atoms with Gasteiger partial charge < -0.3 is 19.8 Å². The molecule has 5 nitrogen and oxygen atoms in total. The Morgan fingerprint density at radius 3 is 2.43 bits per heavy atom. The van der Waals surface area contributed by atoms with Gasteiger partial charge in [-0.15, -0.1) is 0 Å². The summed E-state index contributed by atoms with van der Waals surface area (Å²) in [5.74, 6) is 2.45. The summed E-state index contributed by atoms with van der Waals surface area (Å²) in [5, 5.41) is 3.49.